The predicted molar refractivity (Wildman–Crippen MR) is 74.9 cm³/mol. The van der Waals surface area contributed by atoms with E-state index in [1.165, 1.54) is 24.1 Å². The Labute approximate surface area is 115 Å². The van der Waals surface area contributed by atoms with E-state index in [1.54, 1.807) is 0 Å². The summed E-state index contributed by atoms with van der Waals surface area (Å²) in [6.07, 6.45) is 4.40. The first kappa shape index (κ1) is 13.0. The van der Waals surface area contributed by atoms with Crippen LogP contribution < -0.4 is 5.32 Å². The fraction of sp³-hybridized carbons (Fsp3) is 0.667. The number of pyridine rings is 1. The number of morpholine rings is 1. The zero-order chi connectivity index (χ0) is 13.1. The number of ether oxygens (including phenoxy) is 1. The molecule has 1 aliphatic carbocycles. The summed E-state index contributed by atoms with van der Waals surface area (Å²) in [6, 6.07) is 4.42. The van der Waals surface area contributed by atoms with Crippen LogP contribution in [0.5, 0.6) is 0 Å². The van der Waals surface area contributed by atoms with E-state index in [0.29, 0.717) is 0 Å². The van der Waals surface area contributed by atoms with Crippen molar-refractivity contribution in [1.29, 1.82) is 0 Å². The summed E-state index contributed by atoms with van der Waals surface area (Å²) in [4.78, 5) is 7.03. The Kier molecular flexibility index (Phi) is 3.82. The van der Waals surface area contributed by atoms with E-state index in [-0.39, 0.29) is 5.54 Å². The normalized spacial score (nSPS) is 22.4. The molecule has 1 aromatic rings. The van der Waals surface area contributed by atoms with Crippen LogP contribution in [0.2, 0.25) is 0 Å². The Morgan fingerprint density at radius 2 is 2.16 bits per heavy atom. The molecule has 2 heterocycles. The Morgan fingerprint density at radius 1 is 1.37 bits per heavy atom. The van der Waals surface area contributed by atoms with E-state index in [9.17, 15) is 0 Å². The zero-order valence-electron chi connectivity index (χ0n) is 11.7. The van der Waals surface area contributed by atoms with Crippen LogP contribution in [-0.2, 0) is 16.8 Å². The van der Waals surface area contributed by atoms with Gasteiger partial charge in [0.2, 0.25) is 0 Å². The predicted octanol–water partition coefficient (Wildman–Crippen LogP) is 1.51. The van der Waals surface area contributed by atoms with Crippen LogP contribution in [0.15, 0.2) is 18.3 Å². The molecular weight excluding hydrogens is 238 g/mol. The standard InChI is InChI=1S/C15H23N3O/c1-2-17-15(4-5-15)14-11-13(3-6-16-14)12-18-7-9-19-10-8-18/h3,6,11,17H,2,4-5,7-10,12H2,1H3. The van der Waals surface area contributed by atoms with Gasteiger partial charge in [0.25, 0.3) is 0 Å². The summed E-state index contributed by atoms with van der Waals surface area (Å²) in [5.74, 6) is 0. The Balaban J connectivity index is 1.69. The number of hydrogen-bond acceptors (Lipinski definition) is 4. The molecule has 0 unspecified atom stereocenters. The van der Waals surface area contributed by atoms with E-state index in [2.05, 4.69) is 34.3 Å². The third kappa shape index (κ3) is 2.96. The number of nitrogens with one attached hydrogen (secondary N) is 1. The first-order valence-corrected chi connectivity index (χ1v) is 7.33. The van der Waals surface area contributed by atoms with Gasteiger partial charge in [-0.2, -0.15) is 0 Å². The van der Waals surface area contributed by atoms with Gasteiger partial charge in [0.15, 0.2) is 0 Å². The largest absolute Gasteiger partial charge is 0.379 e. The van der Waals surface area contributed by atoms with Crippen LogP contribution in [0, 0.1) is 0 Å². The molecule has 1 aliphatic heterocycles. The van der Waals surface area contributed by atoms with Crippen molar-refractivity contribution < 1.29 is 4.74 Å². The lowest BCUT2D eigenvalue weighted by Gasteiger charge is -2.27. The quantitative estimate of drug-likeness (QED) is 0.872. The van der Waals surface area contributed by atoms with E-state index < -0.39 is 0 Å². The van der Waals surface area contributed by atoms with Gasteiger partial charge in [-0.1, -0.05) is 6.92 Å². The second-order valence-electron chi connectivity index (χ2n) is 5.55. The fourth-order valence-corrected chi connectivity index (χ4v) is 2.84. The van der Waals surface area contributed by atoms with Gasteiger partial charge in [-0.05, 0) is 37.1 Å². The van der Waals surface area contributed by atoms with Crippen LogP contribution in [0.4, 0.5) is 0 Å². The third-order valence-corrected chi connectivity index (χ3v) is 4.09. The van der Waals surface area contributed by atoms with E-state index in [4.69, 9.17) is 4.74 Å². The summed E-state index contributed by atoms with van der Waals surface area (Å²) < 4.78 is 5.39. The Bertz CT molecular complexity index is 425. The van der Waals surface area contributed by atoms with Crippen molar-refractivity contribution in [3.8, 4) is 0 Å². The molecule has 0 spiro atoms. The van der Waals surface area contributed by atoms with Crippen LogP contribution in [-0.4, -0.2) is 42.7 Å². The molecule has 0 aromatic carbocycles. The van der Waals surface area contributed by atoms with Gasteiger partial charge in [-0.3, -0.25) is 9.88 Å². The Hall–Kier alpha value is -0.970. The maximum atomic E-state index is 5.39. The smallest absolute Gasteiger partial charge is 0.0610 e. The molecule has 0 atom stereocenters. The van der Waals surface area contributed by atoms with Crippen molar-refractivity contribution in [2.24, 2.45) is 0 Å². The molecule has 3 rings (SSSR count). The van der Waals surface area contributed by atoms with Gasteiger partial charge in [-0.25, -0.2) is 0 Å². The fourth-order valence-electron chi connectivity index (χ4n) is 2.84. The van der Waals surface area contributed by atoms with Crippen LogP contribution in [0.3, 0.4) is 0 Å². The third-order valence-electron chi connectivity index (χ3n) is 4.09. The van der Waals surface area contributed by atoms with Crippen molar-refractivity contribution in [2.75, 3.05) is 32.8 Å². The minimum atomic E-state index is 0.176. The van der Waals surface area contributed by atoms with Gasteiger partial charge in [0.05, 0.1) is 24.4 Å². The van der Waals surface area contributed by atoms with E-state index in [0.717, 1.165) is 39.4 Å². The maximum absolute atomic E-state index is 5.39. The lowest BCUT2D eigenvalue weighted by atomic mass is 10.1. The van der Waals surface area contributed by atoms with E-state index in [1.807, 2.05) is 6.20 Å². The Morgan fingerprint density at radius 3 is 2.84 bits per heavy atom. The van der Waals surface area contributed by atoms with Gasteiger partial charge >= 0.3 is 0 Å². The van der Waals surface area contributed by atoms with Crippen LogP contribution >= 0.6 is 0 Å². The average molecular weight is 261 g/mol. The minimum absolute atomic E-state index is 0.176. The lowest BCUT2D eigenvalue weighted by Crippen LogP contribution is -2.35. The second-order valence-corrected chi connectivity index (χ2v) is 5.55. The molecule has 0 radical (unpaired) electrons. The molecule has 2 fully saturated rings. The van der Waals surface area contributed by atoms with Gasteiger partial charge < -0.3 is 10.1 Å². The molecule has 104 valence electrons. The van der Waals surface area contributed by atoms with Crippen molar-refractivity contribution >= 4 is 0 Å². The summed E-state index contributed by atoms with van der Waals surface area (Å²) in [5.41, 5.74) is 2.77. The van der Waals surface area contributed by atoms with Crippen molar-refractivity contribution in [3.63, 3.8) is 0 Å². The molecule has 2 aliphatic rings. The highest BCUT2D eigenvalue weighted by atomic mass is 16.5. The topological polar surface area (TPSA) is 37.4 Å². The number of aromatic nitrogens is 1. The molecule has 0 amide bonds. The highest BCUT2D eigenvalue weighted by Gasteiger charge is 2.44. The van der Waals surface area contributed by atoms with Crippen molar-refractivity contribution in [3.05, 3.63) is 29.6 Å². The average Bonchev–Trinajstić information content (AvgIpc) is 3.22. The summed E-state index contributed by atoms with van der Waals surface area (Å²) in [5, 5.41) is 3.58. The monoisotopic (exact) mass is 261 g/mol. The molecule has 1 aromatic heterocycles. The summed E-state index contributed by atoms with van der Waals surface area (Å²) in [7, 11) is 0. The van der Waals surface area contributed by atoms with Crippen LogP contribution in [0.1, 0.15) is 31.0 Å². The SMILES string of the molecule is CCNC1(c2cc(CN3CCOCC3)ccn2)CC1. The molecule has 4 heteroatoms. The van der Waals surface area contributed by atoms with Crippen LogP contribution in [0.25, 0.3) is 0 Å². The molecule has 0 bridgehead atoms. The molecule has 19 heavy (non-hydrogen) atoms. The molecule has 4 nitrogen and oxygen atoms in total. The first-order chi connectivity index (χ1) is 9.32. The van der Waals surface area contributed by atoms with Gasteiger partial charge in [0.1, 0.15) is 0 Å². The first-order valence-electron chi connectivity index (χ1n) is 7.33. The molecule has 1 saturated heterocycles. The highest BCUT2D eigenvalue weighted by molar-refractivity contribution is 5.27. The van der Waals surface area contributed by atoms with Crippen molar-refractivity contribution in [2.45, 2.75) is 31.8 Å². The van der Waals surface area contributed by atoms with Gasteiger partial charge in [-0.15, -0.1) is 0 Å². The lowest BCUT2D eigenvalue weighted by molar-refractivity contribution is 0.0341. The summed E-state index contributed by atoms with van der Waals surface area (Å²) >= 11 is 0. The minimum Gasteiger partial charge on any atom is -0.379 e. The van der Waals surface area contributed by atoms with Crippen molar-refractivity contribution in [1.82, 2.24) is 15.2 Å². The second kappa shape index (κ2) is 5.57. The molecule has 1 N–H and O–H groups in total. The van der Waals surface area contributed by atoms with E-state index >= 15 is 0 Å². The number of rotatable bonds is 5. The number of hydrogen-bond donors (Lipinski definition) is 1. The molecule has 1 saturated carbocycles. The summed E-state index contributed by atoms with van der Waals surface area (Å²) in [6.45, 7) is 7.98. The molecular formula is C15H23N3O. The number of nitrogens with zero attached hydrogens (tertiary/aromatic N) is 2. The highest BCUT2D eigenvalue weighted by Crippen LogP contribution is 2.44. The zero-order valence-corrected chi connectivity index (χ0v) is 11.7. The maximum Gasteiger partial charge on any atom is 0.0610 e. The van der Waals surface area contributed by atoms with Gasteiger partial charge in [0, 0.05) is 25.8 Å².